The van der Waals surface area contributed by atoms with E-state index < -0.39 is 0 Å². The normalized spacial score (nSPS) is 19.6. The summed E-state index contributed by atoms with van der Waals surface area (Å²) >= 11 is 1.60. The first-order valence-corrected chi connectivity index (χ1v) is 10.9. The van der Waals surface area contributed by atoms with Crippen molar-refractivity contribution in [2.75, 3.05) is 56.3 Å². The van der Waals surface area contributed by atoms with Crippen molar-refractivity contribution in [1.82, 2.24) is 20.2 Å². The molecule has 2 aliphatic rings. The van der Waals surface area contributed by atoms with E-state index in [1.54, 1.807) is 24.8 Å². The molecule has 0 N–H and O–H groups in total. The van der Waals surface area contributed by atoms with Gasteiger partial charge in [0.25, 0.3) is 0 Å². The van der Waals surface area contributed by atoms with Crippen molar-refractivity contribution < 1.29 is 14.2 Å². The van der Waals surface area contributed by atoms with Gasteiger partial charge in [0.2, 0.25) is 11.0 Å². The summed E-state index contributed by atoms with van der Waals surface area (Å²) in [6.45, 7) is 5.47. The molecule has 2 aliphatic heterocycles. The third-order valence-electron chi connectivity index (χ3n) is 5.39. The summed E-state index contributed by atoms with van der Waals surface area (Å²) in [5, 5.41) is 11.3. The monoisotopic (exact) mass is 428 g/mol. The molecule has 0 bridgehead atoms. The fourth-order valence-corrected chi connectivity index (χ4v) is 4.65. The van der Waals surface area contributed by atoms with Crippen LogP contribution in [0.2, 0.25) is 0 Å². The fraction of sp³-hybridized carbons (Fsp3) is 0.500. The van der Waals surface area contributed by atoms with Crippen molar-refractivity contribution in [1.29, 1.82) is 0 Å². The van der Waals surface area contributed by atoms with E-state index in [-0.39, 0.29) is 6.10 Å². The molecule has 0 saturated carbocycles. The van der Waals surface area contributed by atoms with Gasteiger partial charge in [-0.2, -0.15) is 0 Å². The lowest BCUT2D eigenvalue weighted by Crippen LogP contribution is -2.46. The second kappa shape index (κ2) is 8.66. The van der Waals surface area contributed by atoms with E-state index in [1.807, 2.05) is 6.07 Å². The zero-order chi connectivity index (χ0) is 20.3. The van der Waals surface area contributed by atoms with Crippen LogP contribution < -0.4 is 14.5 Å². The van der Waals surface area contributed by atoms with Gasteiger partial charge in [0.05, 0.1) is 24.1 Å². The number of fused-ring (bicyclic) bond motifs is 1. The Morgan fingerprint density at radius 1 is 1.13 bits per heavy atom. The van der Waals surface area contributed by atoms with Crippen LogP contribution in [0.4, 0.5) is 10.8 Å². The maximum atomic E-state index is 6.10. The first-order valence-electron chi connectivity index (χ1n) is 10.1. The maximum absolute atomic E-state index is 6.10. The highest BCUT2D eigenvalue weighted by atomic mass is 32.1. The highest BCUT2D eigenvalue weighted by Crippen LogP contribution is 2.29. The number of piperazine rings is 1. The molecule has 1 aromatic carbocycles. The standard InChI is InChI=1S/C20H24N6O3S/c1-27-12-18-23-24-20(30-18)26-7-5-25(6-8-26)14-2-3-17-16(10-14)19(22-13-21-17)29-15-4-9-28-11-15/h2-3,10,13,15H,4-9,11-12H2,1H3. The van der Waals surface area contributed by atoms with E-state index in [9.17, 15) is 0 Å². The molecule has 9 nitrogen and oxygen atoms in total. The molecular formula is C20H24N6O3S. The van der Waals surface area contributed by atoms with Crippen LogP contribution in [0.15, 0.2) is 24.5 Å². The number of anilines is 2. The summed E-state index contributed by atoms with van der Waals surface area (Å²) in [5.74, 6) is 0.635. The third-order valence-corrected chi connectivity index (χ3v) is 6.35. The summed E-state index contributed by atoms with van der Waals surface area (Å²) in [6.07, 6.45) is 2.52. The lowest BCUT2D eigenvalue weighted by Gasteiger charge is -2.35. The Balaban J connectivity index is 1.30. The molecule has 4 heterocycles. The lowest BCUT2D eigenvalue weighted by atomic mass is 10.2. The number of hydrogen-bond acceptors (Lipinski definition) is 10. The van der Waals surface area contributed by atoms with E-state index >= 15 is 0 Å². The minimum Gasteiger partial charge on any atom is -0.471 e. The van der Waals surface area contributed by atoms with Crippen LogP contribution >= 0.6 is 11.3 Å². The zero-order valence-corrected chi connectivity index (χ0v) is 17.7. The summed E-state index contributed by atoms with van der Waals surface area (Å²) in [6, 6.07) is 6.30. The molecule has 5 rings (SSSR count). The van der Waals surface area contributed by atoms with E-state index in [4.69, 9.17) is 14.2 Å². The first kappa shape index (κ1) is 19.4. The summed E-state index contributed by atoms with van der Waals surface area (Å²) < 4.78 is 16.7. The number of nitrogens with zero attached hydrogens (tertiary/aromatic N) is 6. The van der Waals surface area contributed by atoms with Gasteiger partial charge < -0.3 is 24.0 Å². The number of methoxy groups -OCH3 is 1. The summed E-state index contributed by atoms with van der Waals surface area (Å²) in [4.78, 5) is 13.4. The largest absolute Gasteiger partial charge is 0.471 e. The van der Waals surface area contributed by atoms with E-state index in [0.29, 0.717) is 19.1 Å². The van der Waals surface area contributed by atoms with Crippen molar-refractivity contribution >= 4 is 33.1 Å². The van der Waals surface area contributed by atoms with Gasteiger partial charge >= 0.3 is 0 Å². The number of ether oxygens (including phenoxy) is 3. The molecule has 3 aromatic rings. The quantitative estimate of drug-likeness (QED) is 0.586. The van der Waals surface area contributed by atoms with Gasteiger partial charge in [0.15, 0.2) is 0 Å². The molecule has 0 radical (unpaired) electrons. The Hall–Kier alpha value is -2.56. The smallest absolute Gasteiger partial charge is 0.224 e. The van der Waals surface area contributed by atoms with Crippen molar-refractivity contribution in [2.24, 2.45) is 0 Å². The Bertz CT molecular complexity index is 1000. The molecular weight excluding hydrogens is 404 g/mol. The first-order chi connectivity index (χ1) is 14.8. The maximum Gasteiger partial charge on any atom is 0.224 e. The third kappa shape index (κ3) is 4.03. The highest BCUT2D eigenvalue weighted by Gasteiger charge is 2.22. The second-order valence-electron chi connectivity index (χ2n) is 7.37. The van der Waals surface area contributed by atoms with Gasteiger partial charge in [-0.15, -0.1) is 10.2 Å². The number of hydrogen-bond donors (Lipinski definition) is 0. The number of benzene rings is 1. The predicted octanol–water partition coefficient (Wildman–Crippen LogP) is 2.12. The van der Waals surface area contributed by atoms with Crippen LogP contribution in [0.1, 0.15) is 11.4 Å². The van der Waals surface area contributed by atoms with Crippen molar-refractivity contribution in [3.05, 3.63) is 29.5 Å². The molecule has 0 spiro atoms. The molecule has 2 fully saturated rings. The minimum atomic E-state index is 0.0604. The van der Waals surface area contributed by atoms with Crippen LogP contribution in [-0.4, -0.2) is 72.8 Å². The highest BCUT2D eigenvalue weighted by molar-refractivity contribution is 7.15. The van der Waals surface area contributed by atoms with Crippen LogP contribution in [0.25, 0.3) is 10.9 Å². The fourth-order valence-electron chi connectivity index (χ4n) is 3.79. The molecule has 1 atom stereocenters. The van der Waals surface area contributed by atoms with Crippen LogP contribution in [0.5, 0.6) is 5.88 Å². The summed E-state index contributed by atoms with van der Waals surface area (Å²) in [5.41, 5.74) is 2.04. The van der Waals surface area contributed by atoms with Crippen LogP contribution in [0.3, 0.4) is 0 Å². The van der Waals surface area contributed by atoms with E-state index in [2.05, 4.69) is 42.1 Å². The average molecular weight is 429 g/mol. The minimum absolute atomic E-state index is 0.0604. The molecule has 2 aromatic heterocycles. The Kier molecular flexibility index (Phi) is 5.60. The van der Waals surface area contributed by atoms with Crippen molar-refractivity contribution in [3.8, 4) is 5.88 Å². The Morgan fingerprint density at radius 3 is 2.80 bits per heavy atom. The SMILES string of the molecule is COCc1nnc(N2CCN(c3ccc4ncnc(OC5CCOC5)c4c3)CC2)s1. The van der Waals surface area contributed by atoms with Crippen molar-refractivity contribution in [2.45, 2.75) is 19.1 Å². The van der Waals surface area contributed by atoms with E-state index in [0.717, 1.165) is 65.9 Å². The van der Waals surface area contributed by atoms with Gasteiger partial charge in [0.1, 0.15) is 24.0 Å². The Labute approximate surface area is 178 Å². The summed E-state index contributed by atoms with van der Waals surface area (Å²) in [7, 11) is 1.67. The molecule has 30 heavy (non-hydrogen) atoms. The second-order valence-corrected chi connectivity index (χ2v) is 8.41. The number of rotatable bonds is 6. The van der Waals surface area contributed by atoms with Gasteiger partial charge in [0, 0.05) is 45.4 Å². The molecule has 158 valence electrons. The molecule has 0 amide bonds. The zero-order valence-electron chi connectivity index (χ0n) is 16.9. The Morgan fingerprint density at radius 2 is 2.00 bits per heavy atom. The van der Waals surface area contributed by atoms with E-state index in [1.165, 1.54) is 0 Å². The van der Waals surface area contributed by atoms with Gasteiger partial charge in [-0.1, -0.05) is 11.3 Å². The molecule has 10 heteroatoms. The van der Waals surface area contributed by atoms with Gasteiger partial charge in [-0.3, -0.25) is 0 Å². The van der Waals surface area contributed by atoms with Crippen molar-refractivity contribution in [3.63, 3.8) is 0 Å². The molecule has 0 aliphatic carbocycles. The number of aromatic nitrogens is 4. The average Bonchev–Trinajstić information content (AvgIpc) is 3.47. The predicted molar refractivity (Wildman–Crippen MR) is 114 cm³/mol. The van der Waals surface area contributed by atoms with Crippen LogP contribution in [0, 0.1) is 0 Å². The molecule has 2 saturated heterocycles. The lowest BCUT2D eigenvalue weighted by molar-refractivity contribution is 0.139. The van der Waals surface area contributed by atoms with Crippen LogP contribution in [-0.2, 0) is 16.1 Å². The van der Waals surface area contributed by atoms with Gasteiger partial charge in [-0.05, 0) is 18.2 Å². The van der Waals surface area contributed by atoms with Gasteiger partial charge in [-0.25, -0.2) is 9.97 Å². The topological polar surface area (TPSA) is 85.7 Å². The molecule has 1 unspecified atom stereocenters.